The minimum Gasteiger partial charge on any atom is -0.303 e. The SMILES string of the molecule is CCN(CC)CCN(CC)CCN(CC)CCN(CC)CC. The Labute approximate surface area is 140 Å². The minimum atomic E-state index is 1.16. The van der Waals surface area contributed by atoms with E-state index in [1.165, 1.54) is 65.4 Å². The van der Waals surface area contributed by atoms with Crippen LogP contribution in [0.2, 0.25) is 0 Å². The summed E-state index contributed by atoms with van der Waals surface area (Å²) in [5.41, 5.74) is 0. The molecule has 4 nitrogen and oxygen atoms in total. The van der Waals surface area contributed by atoms with Gasteiger partial charge in [-0.15, -0.1) is 0 Å². The van der Waals surface area contributed by atoms with Gasteiger partial charge in [0.2, 0.25) is 0 Å². The van der Waals surface area contributed by atoms with Crippen molar-refractivity contribution in [3.05, 3.63) is 0 Å². The smallest absolute Gasteiger partial charge is 0.0110 e. The van der Waals surface area contributed by atoms with E-state index in [0.29, 0.717) is 0 Å². The summed E-state index contributed by atoms with van der Waals surface area (Å²) in [6.07, 6.45) is 0. The van der Waals surface area contributed by atoms with Crippen LogP contribution in [0, 0.1) is 0 Å². The van der Waals surface area contributed by atoms with Crippen LogP contribution in [-0.4, -0.2) is 98.1 Å². The van der Waals surface area contributed by atoms with E-state index in [1.54, 1.807) is 0 Å². The second-order valence-electron chi connectivity index (χ2n) is 5.92. The highest BCUT2D eigenvalue weighted by atomic mass is 15.2. The molecule has 0 saturated heterocycles. The fourth-order valence-corrected chi connectivity index (χ4v) is 2.78. The molecule has 4 heteroatoms. The summed E-state index contributed by atoms with van der Waals surface area (Å²) in [7, 11) is 0. The van der Waals surface area contributed by atoms with Crippen molar-refractivity contribution in [3.63, 3.8) is 0 Å². The first-order valence-electron chi connectivity index (χ1n) is 9.54. The molecule has 0 unspecified atom stereocenters. The second kappa shape index (κ2) is 14.4. The van der Waals surface area contributed by atoms with E-state index in [2.05, 4.69) is 61.1 Å². The van der Waals surface area contributed by atoms with Crippen molar-refractivity contribution in [2.24, 2.45) is 0 Å². The predicted molar refractivity (Wildman–Crippen MR) is 99.8 cm³/mol. The zero-order chi connectivity index (χ0) is 16.8. The quantitative estimate of drug-likeness (QED) is 0.460. The maximum Gasteiger partial charge on any atom is 0.0110 e. The summed E-state index contributed by atoms with van der Waals surface area (Å²) in [4.78, 5) is 10.2. The molecule has 0 bridgehead atoms. The van der Waals surface area contributed by atoms with E-state index in [0.717, 1.165) is 13.1 Å². The van der Waals surface area contributed by atoms with Gasteiger partial charge in [-0.25, -0.2) is 0 Å². The number of hydrogen-bond acceptors (Lipinski definition) is 4. The van der Waals surface area contributed by atoms with Crippen LogP contribution in [0.3, 0.4) is 0 Å². The van der Waals surface area contributed by atoms with E-state index in [1.807, 2.05) is 0 Å². The first-order chi connectivity index (χ1) is 10.6. The van der Waals surface area contributed by atoms with Crippen LogP contribution in [0.1, 0.15) is 41.5 Å². The Morgan fingerprint density at radius 3 is 0.682 bits per heavy atom. The molecule has 0 rings (SSSR count). The first-order valence-corrected chi connectivity index (χ1v) is 9.54. The van der Waals surface area contributed by atoms with Crippen LogP contribution in [0.5, 0.6) is 0 Å². The topological polar surface area (TPSA) is 13.0 Å². The molecule has 0 heterocycles. The van der Waals surface area contributed by atoms with Gasteiger partial charge in [0.1, 0.15) is 0 Å². The van der Waals surface area contributed by atoms with Crippen LogP contribution < -0.4 is 0 Å². The maximum absolute atomic E-state index is 2.60. The zero-order valence-electron chi connectivity index (χ0n) is 16.3. The van der Waals surface area contributed by atoms with Gasteiger partial charge in [0.05, 0.1) is 0 Å². The molecule has 0 aliphatic heterocycles. The lowest BCUT2D eigenvalue weighted by molar-refractivity contribution is 0.174. The van der Waals surface area contributed by atoms with Gasteiger partial charge in [-0.05, 0) is 39.3 Å². The molecular formula is C18H42N4. The van der Waals surface area contributed by atoms with Crippen molar-refractivity contribution in [1.29, 1.82) is 0 Å². The average molecular weight is 315 g/mol. The maximum atomic E-state index is 2.60. The third kappa shape index (κ3) is 9.78. The molecule has 0 aliphatic carbocycles. The summed E-state index contributed by atoms with van der Waals surface area (Å²) in [5, 5.41) is 0. The van der Waals surface area contributed by atoms with E-state index in [9.17, 15) is 0 Å². The zero-order valence-corrected chi connectivity index (χ0v) is 16.3. The van der Waals surface area contributed by atoms with Gasteiger partial charge in [0.25, 0.3) is 0 Å². The molecule has 0 aliphatic rings. The normalized spacial score (nSPS) is 12.3. The van der Waals surface area contributed by atoms with Crippen molar-refractivity contribution in [1.82, 2.24) is 19.6 Å². The Bertz CT molecular complexity index is 203. The van der Waals surface area contributed by atoms with Gasteiger partial charge in [-0.3, -0.25) is 0 Å². The average Bonchev–Trinajstić information content (AvgIpc) is 2.56. The highest BCUT2D eigenvalue weighted by Crippen LogP contribution is 1.96. The van der Waals surface area contributed by atoms with Crippen molar-refractivity contribution < 1.29 is 0 Å². The monoisotopic (exact) mass is 314 g/mol. The van der Waals surface area contributed by atoms with Crippen molar-refractivity contribution in [3.8, 4) is 0 Å². The van der Waals surface area contributed by atoms with Gasteiger partial charge in [-0.1, -0.05) is 41.5 Å². The Balaban J connectivity index is 4.05. The van der Waals surface area contributed by atoms with E-state index < -0.39 is 0 Å². The molecule has 0 aromatic rings. The van der Waals surface area contributed by atoms with Crippen LogP contribution in [0.4, 0.5) is 0 Å². The molecule has 0 fully saturated rings. The largest absolute Gasteiger partial charge is 0.303 e. The Morgan fingerprint density at radius 2 is 0.500 bits per heavy atom. The third-order valence-corrected chi connectivity index (χ3v) is 4.88. The molecule has 22 heavy (non-hydrogen) atoms. The summed E-state index contributed by atoms with van der Waals surface area (Å²) < 4.78 is 0. The van der Waals surface area contributed by atoms with Gasteiger partial charge >= 0.3 is 0 Å². The third-order valence-electron chi connectivity index (χ3n) is 4.88. The standard InChI is InChI=1S/C18H42N4/c1-7-19(8-2)13-15-21(11-5)17-18-22(12-6)16-14-20(9-3)10-4/h7-18H2,1-6H3. The number of hydrogen-bond donors (Lipinski definition) is 0. The highest BCUT2D eigenvalue weighted by molar-refractivity contribution is 4.65. The van der Waals surface area contributed by atoms with Gasteiger partial charge in [0.15, 0.2) is 0 Å². The molecule has 0 amide bonds. The van der Waals surface area contributed by atoms with Crippen LogP contribution in [0.15, 0.2) is 0 Å². The Morgan fingerprint density at radius 1 is 0.318 bits per heavy atom. The molecular weight excluding hydrogens is 272 g/mol. The molecule has 0 aromatic carbocycles. The lowest BCUT2D eigenvalue weighted by Crippen LogP contribution is -2.41. The minimum absolute atomic E-state index is 1.16. The second-order valence-corrected chi connectivity index (χ2v) is 5.92. The van der Waals surface area contributed by atoms with Gasteiger partial charge in [0, 0.05) is 39.3 Å². The fourth-order valence-electron chi connectivity index (χ4n) is 2.78. The van der Waals surface area contributed by atoms with Crippen molar-refractivity contribution in [2.45, 2.75) is 41.5 Å². The molecule has 0 saturated carbocycles. The van der Waals surface area contributed by atoms with E-state index >= 15 is 0 Å². The van der Waals surface area contributed by atoms with Gasteiger partial charge in [-0.2, -0.15) is 0 Å². The van der Waals surface area contributed by atoms with E-state index in [-0.39, 0.29) is 0 Å². The molecule has 134 valence electrons. The lowest BCUT2D eigenvalue weighted by atomic mass is 10.3. The first kappa shape index (κ1) is 21.8. The summed E-state index contributed by atoms with van der Waals surface area (Å²) in [5.74, 6) is 0. The highest BCUT2D eigenvalue weighted by Gasteiger charge is 2.09. The summed E-state index contributed by atoms with van der Waals surface area (Å²) in [6.45, 7) is 27.8. The molecule has 0 atom stereocenters. The fraction of sp³-hybridized carbons (Fsp3) is 1.00. The summed E-state index contributed by atoms with van der Waals surface area (Å²) >= 11 is 0. The van der Waals surface area contributed by atoms with Crippen molar-refractivity contribution in [2.75, 3.05) is 78.5 Å². The number of likely N-dealkylation sites (N-methyl/N-ethyl adjacent to an activating group) is 4. The molecule has 0 radical (unpaired) electrons. The number of nitrogens with zero attached hydrogens (tertiary/aromatic N) is 4. The van der Waals surface area contributed by atoms with E-state index in [4.69, 9.17) is 0 Å². The molecule has 0 N–H and O–H groups in total. The van der Waals surface area contributed by atoms with Crippen LogP contribution >= 0.6 is 0 Å². The summed E-state index contributed by atoms with van der Waals surface area (Å²) in [6, 6.07) is 0. The Kier molecular flexibility index (Phi) is 14.3. The molecule has 0 spiro atoms. The Hall–Kier alpha value is -0.160. The number of rotatable bonds is 15. The lowest BCUT2D eigenvalue weighted by Gasteiger charge is -2.29. The van der Waals surface area contributed by atoms with Crippen molar-refractivity contribution >= 4 is 0 Å². The van der Waals surface area contributed by atoms with Crippen LogP contribution in [-0.2, 0) is 0 Å². The van der Waals surface area contributed by atoms with Crippen LogP contribution in [0.25, 0.3) is 0 Å². The predicted octanol–water partition coefficient (Wildman–Crippen LogP) is 2.31. The van der Waals surface area contributed by atoms with Gasteiger partial charge < -0.3 is 19.6 Å². The molecule has 0 aromatic heterocycles.